The maximum absolute atomic E-state index is 6.59. The van der Waals surface area contributed by atoms with E-state index in [0.717, 1.165) is 66.8 Å². The first-order valence-electron chi connectivity index (χ1n) is 20.6. The molecule has 0 unspecified atom stereocenters. The minimum Gasteiger partial charge on any atom is -0.457 e. The molecule has 1 aromatic heterocycles. The molecule has 13 rings (SSSR count). The Labute approximate surface area is 347 Å². The highest BCUT2D eigenvalue weighted by Crippen LogP contribution is 2.62. The summed E-state index contributed by atoms with van der Waals surface area (Å²) in [5, 5.41) is 6.88. The highest BCUT2D eigenvalue weighted by Gasteiger charge is 2.51. The zero-order valence-corrected chi connectivity index (χ0v) is 32.5. The van der Waals surface area contributed by atoms with Gasteiger partial charge in [0.25, 0.3) is 0 Å². The summed E-state index contributed by atoms with van der Waals surface area (Å²) in [6.07, 6.45) is 0. The lowest BCUT2D eigenvalue weighted by atomic mass is 9.66. The number of hydrogen-bond acceptors (Lipinski definition) is 3. The number of furan rings is 1. The van der Waals surface area contributed by atoms with Crippen molar-refractivity contribution >= 4 is 60.5 Å². The fourth-order valence-electron chi connectivity index (χ4n) is 10.3. The van der Waals surface area contributed by atoms with Crippen LogP contribution >= 0.6 is 0 Å². The lowest BCUT2D eigenvalue weighted by Gasteiger charge is -2.39. The number of benzene rings is 10. The first-order valence-corrected chi connectivity index (χ1v) is 20.6. The molecule has 280 valence electrons. The van der Waals surface area contributed by atoms with Gasteiger partial charge in [0.1, 0.15) is 22.7 Å². The molecule has 2 heterocycles. The van der Waals surface area contributed by atoms with Crippen molar-refractivity contribution in [3.63, 3.8) is 0 Å². The van der Waals surface area contributed by atoms with Crippen molar-refractivity contribution < 1.29 is 9.15 Å². The van der Waals surface area contributed by atoms with Crippen molar-refractivity contribution in [2.24, 2.45) is 0 Å². The van der Waals surface area contributed by atoms with Crippen LogP contribution in [0.1, 0.15) is 22.3 Å². The summed E-state index contributed by atoms with van der Waals surface area (Å²) in [5.74, 6) is 1.80. The molecule has 60 heavy (non-hydrogen) atoms. The van der Waals surface area contributed by atoms with Gasteiger partial charge in [0.2, 0.25) is 0 Å². The van der Waals surface area contributed by atoms with Crippen molar-refractivity contribution in [1.82, 2.24) is 0 Å². The number of hydrogen-bond donors (Lipinski definition) is 0. The molecule has 1 spiro atoms. The quantitative estimate of drug-likeness (QED) is 0.178. The summed E-state index contributed by atoms with van der Waals surface area (Å²) in [7, 11) is 0. The van der Waals surface area contributed by atoms with Crippen LogP contribution < -0.4 is 9.64 Å². The molecule has 0 saturated heterocycles. The number of rotatable bonds is 4. The predicted molar refractivity (Wildman–Crippen MR) is 246 cm³/mol. The topological polar surface area (TPSA) is 25.6 Å². The van der Waals surface area contributed by atoms with Gasteiger partial charge in [-0.1, -0.05) is 152 Å². The summed E-state index contributed by atoms with van der Waals surface area (Å²) < 4.78 is 13.1. The molecule has 0 saturated carbocycles. The molecular formula is C57H35NO2. The Morgan fingerprint density at radius 3 is 1.82 bits per heavy atom. The molecule has 0 fully saturated rings. The van der Waals surface area contributed by atoms with E-state index in [1.165, 1.54) is 49.7 Å². The van der Waals surface area contributed by atoms with Crippen molar-refractivity contribution in [3.05, 3.63) is 235 Å². The van der Waals surface area contributed by atoms with Gasteiger partial charge in [-0.05, 0) is 105 Å². The maximum atomic E-state index is 6.59. The van der Waals surface area contributed by atoms with Crippen molar-refractivity contribution in [2.45, 2.75) is 5.41 Å². The summed E-state index contributed by atoms with van der Waals surface area (Å²) in [5.41, 5.74) is 14.3. The molecule has 11 aromatic rings. The number of para-hydroxylation sites is 3. The van der Waals surface area contributed by atoms with Crippen LogP contribution in [-0.2, 0) is 5.41 Å². The van der Waals surface area contributed by atoms with Gasteiger partial charge in [0.15, 0.2) is 0 Å². The zero-order chi connectivity index (χ0) is 39.4. The second-order valence-corrected chi connectivity index (χ2v) is 16.0. The average molecular weight is 766 g/mol. The third kappa shape index (κ3) is 4.60. The van der Waals surface area contributed by atoms with E-state index < -0.39 is 5.41 Å². The van der Waals surface area contributed by atoms with Gasteiger partial charge in [-0.3, -0.25) is 0 Å². The molecule has 3 nitrogen and oxygen atoms in total. The molecular weight excluding hydrogens is 731 g/mol. The molecule has 0 bridgehead atoms. The molecule has 0 amide bonds. The van der Waals surface area contributed by atoms with E-state index in [0.29, 0.717) is 0 Å². The molecule has 10 aromatic carbocycles. The van der Waals surface area contributed by atoms with Crippen LogP contribution in [0.25, 0.3) is 65.7 Å². The summed E-state index contributed by atoms with van der Waals surface area (Å²) in [4.78, 5) is 2.39. The maximum Gasteiger partial charge on any atom is 0.143 e. The molecule has 0 N–H and O–H groups in total. The van der Waals surface area contributed by atoms with E-state index in [2.05, 4.69) is 211 Å². The number of ether oxygens (including phenoxy) is 1. The minimum atomic E-state index is -0.514. The highest BCUT2D eigenvalue weighted by atomic mass is 16.5. The van der Waals surface area contributed by atoms with Crippen molar-refractivity contribution in [2.75, 3.05) is 4.90 Å². The summed E-state index contributed by atoms with van der Waals surface area (Å²) >= 11 is 0. The molecule has 0 atom stereocenters. The monoisotopic (exact) mass is 765 g/mol. The van der Waals surface area contributed by atoms with Gasteiger partial charge in [-0.2, -0.15) is 0 Å². The average Bonchev–Trinajstić information content (AvgIpc) is 3.84. The van der Waals surface area contributed by atoms with E-state index in [1.807, 2.05) is 6.07 Å². The Balaban J connectivity index is 0.982. The lowest BCUT2D eigenvalue weighted by molar-refractivity contribution is 0.436. The summed E-state index contributed by atoms with van der Waals surface area (Å²) in [6.45, 7) is 0. The van der Waals surface area contributed by atoms with Gasteiger partial charge in [0, 0.05) is 44.0 Å². The van der Waals surface area contributed by atoms with E-state index in [1.54, 1.807) is 0 Å². The van der Waals surface area contributed by atoms with Crippen LogP contribution in [0.5, 0.6) is 11.5 Å². The number of fused-ring (bicyclic) bond motifs is 15. The van der Waals surface area contributed by atoms with Crippen LogP contribution in [-0.4, -0.2) is 0 Å². The minimum absolute atomic E-state index is 0.514. The zero-order valence-electron chi connectivity index (χ0n) is 32.5. The summed E-state index contributed by atoms with van der Waals surface area (Å²) in [6, 6.07) is 76.7. The highest BCUT2D eigenvalue weighted by molar-refractivity contribution is 6.16. The fraction of sp³-hybridized carbons (Fsp3) is 0.0175. The standard InChI is InChI=1S/C57H35NO2/c1-2-14-42-37(12-1)13-11-20-52(42)58(41-31-26-38-27-33-46-45-16-4-8-21-53(45)60-56(46)47(38)35-41)40-29-24-36(25-30-40)39-28-32-44-43-15-3-5-17-48(43)57(51(44)34-39)49-18-6-9-22-54(49)59-55-23-10-7-19-50(55)57/h1-35H. The van der Waals surface area contributed by atoms with Crippen LogP contribution in [0, 0.1) is 0 Å². The molecule has 2 aliphatic rings. The van der Waals surface area contributed by atoms with Crippen LogP contribution in [0.4, 0.5) is 17.1 Å². The smallest absolute Gasteiger partial charge is 0.143 e. The predicted octanol–water partition coefficient (Wildman–Crippen LogP) is 15.5. The Bertz CT molecular complexity index is 3490. The SMILES string of the molecule is c1ccc2c(c1)Oc1ccccc1C21c2ccccc2-c2ccc(-c3ccc(N(c4ccc5ccc6c7ccccc7oc6c5c4)c4cccc5ccccc45)cc3)cc21. The third-order valence-electron chi connectivity index (χ3n) is 12.9. The van der Waals surface area contributed by atoms with Crippen molar-refractivity contribution in [1.29, 1.82) is 0 Å². The van der Waals surface area contributed by atoms with Crippen LogP contribution in [0.2, 0.25) is 0 Å². The molecule has 1 aliphatic carbocycles. The van der Waals surface area contributed by atoms with E-state index >= 15 is 0 Å². The largest absolute Gasteiger partial charge is 0.457 e. The Kier molecular flexibility index (Phi) is 6.93. The van der Waals surface area contributed by atoms with Gasteiger partial charge in [-0.15, -0.1) is 0 Å². The second kappa shape index (κ2) is 12.6. The van der Waals surface area contributed by atoms with Crippen LogP contribution in [0.15, 0.2) is 217 Å². The first kappa shape index (κ1) is 33.1. The Hall–Kier alpha value is -7.88. The number of nitrogens with zero attached hydrogens (tertiary/aromatic N) is 1. The lowest BCUT2D eigenvalue weighted by Crippen LogP contribution is -2.32. The van der Waals surface area contributed by atoms with Gasteiger partial charge in [-0.25, -0.2) is 0 Å². The molecule has 0 radical (unpaired) electrons. The Morgan fingerprint density at radius 2 is 0.983 bits per heavy atom. The van der Waals surface area contributed by atoms with E-state index in [9.17, 15) is 0 Å². The van der Waals surface area contributed by atoms with E-state index in [-0.39, 0.29) is 0 Å². The first-order chi connectivity index (χ1) is 29.7. The Morgan fingerprint density at radius 1 is 0.367 bits per heavy atom. The van der Waals surface area contributed by atoms with Gasteiger partial charge >= 0.3 is 0 Å². The van der Waals surface area contributed by atoms with Gasteiger partial charge < -0.3 is 14.1 Å². The van der Waals surface area contributed by atoms with Crippen molar-refractivity contribution in [3.8, 4) is 33.8 Å². The van der Waals surface area contributed by atoms with Gasteiger partial charge in [0.05, 0.1) is 11.1 Å². The number of anilines is 3. The molecule has 3 heteroatoms. The fourth-order valence-corrected chi connectivity index (χ4v) is 10.3. The second-order valence-electron chi connectivity index (χ2n) is 16.0. The molecule has 1 aliphatic heterocycles. The van der Waals surface area contributed by atoms with E-state index in [4.69, 9.17) is 9.15 Å². The third-order valence-corrected chi connectivity index (χ3v) is 12.9. The van der Waals surface area contributed by atoms with Crippen LogP contribution in [0.3, 0.4) is 0 Å². The normalized spacial score (nSPS) is 13.3.